The zero-order valence-corrected chi connectivity index (χ0v) is 16.4. The van der Waals surface area contributed by atoms with E-state index in [0.717, 1.165) is 0 Å². The van der Waals surface area contributed by atoms with Gasteiger partial charge in [0, 0.05) is 26.2 Å². The van der Waals surface area contributed by atoms with E-state index in [1.807, 2.05) is 17.5 Å². The van der Waals surface area contributed by atoms with E-state index in [2.05, 4.69) is 0 Å². The van der Waals surface area contributed by atoms with Crippen LogP contribution < -0.4 is 4.74 Å². The number of ether oxygens (including phenoxy) is 2. The second-order valence-corrected chi connectivity index (χ2v) is 7.13. The van der Waals surface area contributed by atoms with Gasteiger partial charge in [-0.2, -0.15) is 0 Å². The van der Waals surface area contributed by atoms with Crippen molar-refractivity contribution in [1.82, 2.24) is 9.80 Å². The molecule has 2 aromatic rings. The average molecular weight is 402 g/mol. The van der Waals surface area contributed by atoms with E-state index in [-0.39, 0.29) is 18.4 Å². The monoisotopic (exact) mass is 402 g/mol. The fourth-order valence-corrected chi connectivity index (χ4v) is 3.57. The molecule has 3 rings (SSSR count). The fourth-order valence-electron chi connectivity index (χ4n) is 2.88. The van der Waals surface area contributed by atoms with Crippen molar-refractivity contribution in [3.63, 3.8) is 0 Å². The summed E-state index contributed by atoms with van der Waals surface area (Å²) in [5, 5.41) is 1.88. The number of amides is 2. The Morgan fingerprint density at radius 1 is 1.04 bits per heavy atom. The van der Waals surface area contributed by atoms with Gasteiger partial charge >= 0.3 is 5.97 Å². The Morgan fingerprint density at radius 3 is 2.46 bits per heavy atom. The van der Waals surface area contributed by atoms with Crippen LogP contribution in [-0.2, 0) is 9.53 Å². The summed E-state index contributed by atoms with van der Waals surface area (Å²) in [4.78, 5) is 40.7. The summed E-state index contributed by atoms with van der Waals surface area (Å²) in [6.45, 7) is 3.87. The molecular weight excluding hydrogens is 380 g/mol. The van der Waals surface area contributed by atoms with Crippen LogP contribution in [0.2, 0.25) is 0 Å². The Balaban J connectivity index is 1.48. The molecule has 0 saturated carbocycles. The molecule has 8 heteroatoms. The van der Waals surface area contributed by atoms with Crippen LogP contribution >= 0.6 is 11.3 Å². The molecule has 0 spiro atoms. The molecule has 1 saturated heterocycles. The Labute approximate surface area is 167 Å². The number of rotatable bonds is 6. The molecule has 0 aliphatic carbocycles. The molecule has 2 heterocycles. The van der Waals surface area contributed by atoms with Crippen LogP contribution in [0.15, 0.2) is 41.8 Å². The third-order valence-electron chi connectivity index (χ3n) is 4.36. The highest BCUT2D eigenvalue weighted by Gasteiger charge is 2.25. The van der Waals surface area contributed by atoms with Gasteiger partial charge in [-0.05, 0) is 36.6 Å². The Morgan fingerprint density at radius 2 is 1.79 bits per heavy atom. The van der Waals surface area contributed by atoms with E-state index >= 15 is 0 Å². The van der Waals surface area contributed by atoms with Crippen molar-refractivity contribution in [2.45, 2.75) is 6.92 Å². The lowest BCUT2D eigenvalue weighted by atomic mass is 10.2. The number of carbonyl (C=O) groups is 3. The molecule has 0 radical (unpaired) electrons. The molecule has 0 bridgehead atoms. The predicted molar refractivity (Wildman–Crippen MR) is 105 cm³/mol. The number of carbonyl (C=O) groups excluding carboxylic acids is 3. The minimum Gasteiger partial charge on any atom is -0.484 e. The largest absolute Gasteiger partial charge is 0.484 e. The van der Waals surface area contributed by atoms with Gasteiger partial charge in [-0.1, -0.05) is 12.1 Å². The van der Waals surface area contributed by atoms with E-state index in [0.29, 0.717) is 49.0 Å². The minimum absolute atomic E-state index is 0.00845. The molecule has 1 aromatic heterocycles. The third-order valence-corrected chi connectivity index (χ3v) is 5.22. The van der Waals surface area contributed by atoms with Gasteiger partial charge in [0.1, 0.15) is 5.75 Å². The van der Waals surface area contributed by atoms with Crippen LogP contribution in [-0.4, -0.2) is 67.0 Å². The van der Waals surface area contributed by atoms with Crippen molar-refractivity contribution >= 4 is 29.1 Å². The first-order chi connectivity index (χ1) is 13.6. The van der Waals surface area contributed by atoms with Gasteiger partial charge in [0.05, 0.1) is 17.0 Å². The number of hydrogen-bond acceptors (Lipinski definition) is 6. The van der Waals surface area contributed by atoms with E-state index in [9.17, 15) is 14.4 Å². The highest BCUT2D eigenvalue weighted by molar-refractivity contribution is 7.12. The maximum absolute atomic E-state index is 12.4. The molecule has 1 fully saturated rings. The third kappa shape index (κ3) is 4.89. The molecule has 0 unspecified atom stereocenters. The first kappa shape index (κ1) is 19.9. The summed E-state index contributed by atoms with van der Waals surface area (Å²) in [5.41, 5.74) is 0.382. The summed E-state index contributed by atoms with van der Waals surface area (Å²) in [6.07, 6.45) is 0. The van der Waals surface area contributed by atoms with Crippen LogP contribution in [0, 0.1) is 0 Å². The van der Waals surface area contributed by atoms with E-state index in [1.165, 1.54) is 11.3 Å². The topological polar surface area (TPSA) is 76.2 Å². The lowest BCUT2D eigenvalue weighted by molar-refractivity contribution is -0.134. The van der Waals surface area contributed by atoms with E-state index in [4.69, 9.17) is 9.47 Å². The van der Waals surface area contributed by atoms with Crippen LogP contribution in [0.1, 0.15) is 27.0 Å². The zero-order valence-electron chi connectivity index (χ0n) is 15.6. The summed E-state index contributed by atoms with van der Waals surface area (Å²) in [6, 6.07) is 10.2. The van der Waals surface area contributed by atoms with Gasteiger partial charge in [-0.3, -0.25) is 9.59 Å². The first-order valence-corrected chi connectivity index (χ1v) is 9.97. The van der Waals surface area contributed by atoms with Crippen molar-refractivity contribution in [2.24, 2.45) is 0 Å². The van der Waals surface area contributed by atoms with Gasteiger partial charge in [0.25, 0.3) is 11.8 Å². The summed E-state index contributed by atoms with van der Waals surface area (Å²) >= 11 is 1.42. The molecule has 0 N–H and O–H groups in total. The van der Waals surface area contributed by atoms with Gasteiger partial charge < -0.3 is 19.3 Å². The smallest absolute Gasteiger partial charge is 0.338 e. The Bertz CT molecular complexity index is 829. The van der Waals surface area contributed by atoms with Gasteiger partial charge in [0.15, 0.2) is 6.61 Å². The summed E-state index contributed by atoms with van der Waals surface area (Å²) in [7, 11) is 0. The second-order valence-electron chi connectivity index (χ2n) is 6.19. The Kier molecular flexibility index (Phi) is 6.65. The predicted octanol–water partition coefficient (Wildman–Crippen LogP) is 2.29. The average Bonchev–Trinajstić information content (AvgIpc) is 3.27. The number of piperazine rings is 1. The van der Waals surface area contributed by atoms with Crippen LogP contribution in [0.25, 0.3) is 0 Å². The van der Waals surface area contributed by atoms with Crippen molar-refractivity contribution < 1.29 is 23.9 Å². The SMILES string of the molecule is CCOC(=O)c1cccc(OCC(=O)N2CCN(C(=O)c3cccs3)CC2)c1. The molecule has 1 aromatic carbocycles. The quantitative estimate of drug-likeness (QED) is 0.693. The second kappa shape index (κ2) is 9.36. The number of nitrogens with zero attached hydrogens (tertiary/aromatic N) is 2. The number of esters is 1. The fraction of sp³-hybridized carbons (Fsp3) is 0.350. The molecule has 28 heavy (non-hydrogen) atoms. The minimum atomic E-state index is -0.425. The first-order valence-electron chi connectivity index (χ1n) is 9.09. The van der Waals surface area contributed by atoms with Crippen LogP contribution in [0.4, 0.5) is 0 Å². The molecule has 1 aliphatic heterocycles. The van der Waals surface area contributed by atoms with Crippen molar-refractivity contribution in [2.75, 3.05) is 39.4 Å². The molecular formula is C20H22N2O5S. The van der Waals surface area contributed by atoms with Crippen molar-refractivity contribution in [1.29, 1.82) is 0 Å². The highest BCUT2D eigenvalue weighted by Crippen LogP contribution is 2.16. The lowest BCUT2D eigenvalue weighted by Gasteiger charge is -2.34. The normalized spacial score (nSPS) is 13.9. The van der Waals surface area contributed by atoms with Gasteiger partial charge in [0.2, 0.25) is 0 Å². The standard InChI is InChI=1S/C20H22N2O5S/c1-2-26-20(25)15-5-3-6-16(13-15)27-14-18(23)21-8-10-22(11-9-21)19(24)17-7-4-12-28-17/h3-7,12-13H,2,8-11,14H2,1H3. The molecule has 1 aliphatic rings. The van der Waals surface area contributed by atoms with Crippen LogP contribution in [0.5, 0.6) is 5.75 Å². The molecule has 2 amide bonds. The van der Waals surface area contributed by atoms with Gasteiger partial charge in [-0.15, -0.1) is 11.3 Å². The van der Waals surface area contributed by atoms with Crippen molar-refractivity contribution in [3.8, 4) is 5.75 Å². The Hall–Kier alpha value is -2.87. The maximum atomic E-state index is 12.4. The number of benzene rings is 1. The number of hydrogen-bond donors (Lipinski definition) is 0. The lowest BCUT2D eigenvalue weighted by Crippen LogP contribution is -2.51. The van der Waals surface area contributed by atoms with E-state index < -0.39 is 5.97 Å². The molecule has 0 atom stereocenters. The zero-order chi connectivity index (χ0) is 19.9. The van der Waals surface area contributed by atoms with E-state index in [1.54, 1.807) is 41.0 Å². The number of thiophene rings is 1. The molecule has 148 valence electrons. The maximum Gasteiger partial charge on any atom is 0.338 e. The highest BCUT2D eigenvalue weighted by atomic mass is 32.1. The summed E-state index contributed by atoms with van der Waals surface area (Å²) < 4.78 is 10.5. The van der Waals surface area contributed by atoms with Crippen molar-refractivity contribution in [3.05, 3.63) is 52.2 Å². The summed E-state index contributed by atoms with van der Waals surface area (Å²) in [5.74, 6) is -0.130. The van der Waals surface area contributed by atoms with Gasteiger partial charge in [-0.25, -0.2) is 4.79 Å². The molecule has 7 nitrogen and oxygen atoms in total. The van der Waals surface area contributed by atoms with Crippen LogP contribution in [0.3, 0.4) is 0 Å².